The molecule has 0 spiro atoms. The molecule has 120 valence electrons. The Hall–Kier alpha value is -1.24. The van der Waals surface area contributed by atoms with Gasteiger partial charge in [-0.25, -0.2) is 4.98 Å². The topological polar surface area (TPSA) is 65.5 Å². The number of rotatable bonds is 12. The Morgan fingerprint density at radius 1 is 1.14 bits per heavy atom. The van der Waals surface area contributed by atoms with E-state index in [2.05, 4.69) is 29.1 Å². The van der Waals surface area contributed by atoms with E-state index in [1.54, 1.807) is 19.5 Å². The Kier molecular flexibility index (Phi) is 9.69. The van der Waals surface area contributed by atoms with Crippen LogP contribution in [0.4, 0.5) is 0 Å². The molecule has 0 saturated carbocycles. The van der Waals surface area contributed by atoms with Crippen LogP contribution >= 0.6 is 0 Å². The summed E-state index contributed by atoms with van der Waals surface area (Å²) < 4.78 is 15.9. The van der Waals surface area contributed by atoms with Gasteiger partial charge in [0.25, 0.3) is 0 Å². The number of aromatic nitrogens is 2. The van der Waals surface area contributed by atoms with Crippen LogP contribution in [0, 0.1) is 5.92 Å². The maximum Gasteiger partial charge on any atom is 0.232 e. The van der Waals surface area contributed by atoms with Crippen LogP contribution in [0.25, 0.3) is 0 Å². The zero-order valence-corrected chi connectivity index (χ0v) is 13.3. The molecule has 0 aliphatic heterocycles. The summed E-state index contributed by atoms with van der Waals surface area (Å²) in [4.78, 5) is 8.53. The van der Waals surface area contributed by atoms with E-state index in [1.165, 1.54) is 0 Å². The first-order valence-corrected chi connectivity index (χ1v) is 7.43. The van der Waals surface area contributed by atoms with Gasteiger partial charge in [-0.15, -0.1) is 0 Å². The molecule has 0 radical (unpaired) electrons. The second-order valence-electron chi connectivity index (χ2n) is 5.18. The molecule has 0 aliphatic carbocycles. The fraction of sp³-hybridized carbons (Fsp3) is 0.733. The molecule has 6 nitrogen and oxygen atoms in total. The van der Waals surface area contributed by atoms with Gasteiger partial charge < -0.3 is 19.5 Å². The Labute approximate surface area is 127 Å². The predicted molar refractivity (Wildman–Crippen MR) is 81.4 cm³/mol. The molecular weight excluding hydrogens is 270 g/mol. The normalized spacial score (nSPS) is 11.0. The maximum absolute atomic E-state index is 5.52. The van der Waals surface area contributed by atoms with Crippen LogP contribution in [0.15, 0.2) is 12.4 Å². The second-order valence-corrected chi connectivity index (χ2v) is 5.18. The molecule has 1 aromatic rings. The Morgan fingerprint density at radius 2 is 2.00 bits per heavy atom. The lowest BCUT2D eigenvalue weighted by molar-refractivity contribution is 0.0794. The number of hydrogen-bond donors (Lipinski definition) is 1. The zero-order valence-electron chi connectivity index (χ0n) is 13.3. The lowest BCUT2D eigenvalue weighted by Crippen LogP contribution is -2.20. The summed E-state index contributed by atoms with van der Waals surface area (Å²) in [5.41, 5.74) is 0.883. The van der Waals surface area contributed by atoms with Crippen LogP contribution in [0.2, 0.25) is 0 Å². The van der Waals surface area contributed by atoms with Crippen LogP contribution in [0.3, 0.4) is 0 Å². The number of methoxy groups -OCH3 is 1. The van der Waals surface area contributed by atoms with Crippen molar-refractivity contribution in [2.24, 2.45) is 5.92 Å². The molecule has 1 N–H and O–H groups in total. The monoisotopic (exact) mass is 297 g/mol. The predicted octanol–water partition coefficient (Wildman–Crippen LogP) is 1.65. The van der Waals surface area contributed by atoms with Gasteiger partial charge in [-0.3, -0.25) is 4.98 Å². The summed E-state index contributed by atoms with van der Waals surface area (Å²) in [5.74, 6) is 1.16. The van der Waals surface area contributed by atoms with Gasteiger partial charge in [0, 0.05) is 33.1 Å². The van der Waals surface area contributed by atoms with Gasteiger partial charge >= 0.3 is 0 Å². The third-order valence-electron chi connectivity index (χ3n) is 2.64. The third kappa shape index (κ3) is 9.33. The standard InChI is InChI=1S/C15H27N3O3/c1-13(2)9-16-10-14-11-17-12-15(18-14)21-8-7-20-6-4-5-19-3/h11-13,16H,4-10H2,1-3H3. The molecule has 0 aliphatic rings. The largest absolute Gasteiger partial charge is 0.474 e. The summed E-state index contributed by atoms with van der Waals surface area (Å²) in [6.45, 7) is 8.43. The maximum atomic E-state index is 5.52. The van der Waals surface area contributed by atoms with Crippen LogP contribution in [0.5, 0.6) is 5.88 Å². The number of nitrogens with one attached hydrogen (secondary N) is 1. The highest BCUT2D eigenvalue weighted by molar-refractivity contribution is 5.08. The molecule has 1 aromatic heterocycles. The van der Waals surface area contributed by atoms with E-state index in [9.17, 15) is 0 Å². The average Bonchev–Trinajstić information content (AvgIpc) is 2.46. The summed E-state index contributed by atoms with van der Waals surface area (Å²) in [6, 6.07) is 0. The van der Waals surface area contributed by atoms with Crippen molar-refractivity contribution >= 4 is 0 Å². The van der Waals surface area contributed by atoms with Crippen molar-refractivity contribution in [2.45, 2.75) is 26.8 Å². The highest BCUT2D eigenvalue weighted by Crippen LogP contribution is 2.05. The Morgan fingerprint density at radius 3 is 2.76 bits per heavy atom. The van der Waals surface area contributed by atoms with Gasteiger partial charge in [-0.2, -0.15) is 0 Å². The minimum absolute atomic E-state index is 0.477. The quantitative estimate of drug-likeness (QED) is 0.592. The molecule has 6 heteroatoms. The van der Waals surface area contributed by atoms with Crippen molar-refractivity contribution in [1.82, 2.24) is 15.3 Å². The van der Waals surface area contributed by atoms with E-state index in [0.29, 0.717) is 38.2 Å². The number of nitrogens with zero attached hydrogens (tertiary/aromatic N) is 2. The fourth-order valence-electron chi connectivity index (χ4n) is 1.64. The number of ether oxygens (including phenoxy) is 3. The van der Waals surface area contributed by atoms with Gasteiger partial charge in [0.05, 0.1) is 18.5 Å². The summed E-state index contributed by atoms with van der Waals surface area (Å²) in [6.07, 6.45) is 4.27. The number of hydrogen-bond acceptors (Lipinski definition) is 6. The molecule has 0 fully saturated rings. The van der Waals surface area contributed by atoms with Crippen molar-refractivity contribution in [2.75, 3.05) is 40.1 Å². The van der Waals surface area contributed by atoms with E-state index in [1.807, 2.05) is 0 Å². The molecule has 1 heterocycles. The first kappa shape index (κ1) is 17.8. The lowest BCUT2D eigenvalue weighted by atomic mass is 10.2. The highest BCUT2D eigenvalue weighted by atomic mass is 16.5. The van der Waals surface area contributed by atoms with Gasteiger partial charge in [0.15, 0.2) is 0 Å². The zero-order chi connectivity index (χ0) is 15.3. The van der Waals surface area contributed by atoms with Crippen molar-refractivity contribution in [3.05, 3.63) is 18.1 Å². The molecule has 0 aromatic carbocycles. The molecule has 0 atom stereocenters. The fourth-order valence-corrected chi connectivity index (χ4v) is 1.64. The Balaban J connectivity index is 2.17. The second kappa shape index (κ2) is 11.4. The lowest BCUT2D eigenvalue weighted by Gasteiger charge is -2.09. The van der Waals surface area contributed by atoms with Crippen LogP contribution in [-0.4, -0.2) is 50.1 Å². The molecule has 0 unspecified atom stereocenters. The molecule has 0 saturated heterocycles. The third-order valence-corrected chi connectivity index (χ3v) is 2.64. The summed E-state index contributed by atoms with van der Waals surface area (Å²) in [5, 5.41) is 3.33. The van der Waals surface area contributed by atoms with E-state index in [4.69, 9.17) is 14.2 Å². The molecule has 0 amide bonds. The first-order valence-electron chi connectivity index (χ1n) is 7.43. The highest BCUT2D eigenvalue weighted by Gasteiger charge is 2.01. The van der Waals surface area contributed by atoms with E-state index < -0.39 is 0 Å². The minimum atomic E-state index is 0.477. The molecule has 21 heavy (non-hydrogen) atoms. The smallest absolute Gasteiger partial charge is 0.232 e. The minimum Gasteiger partial charge on any atom is -0.474 e. The van der Waals surface area contributed by atoms with E-state index in [0.717, 1.165) is 25.3 Å². The summed E-state index contributed by atoms with van der Waals surface area (Å²) >= 11 is 0. The Bertz CT molecular complexity index is 375. The van der Waals surface area contributed by atoms with E-state index in [-0.39, 0.29) is 0 Å². The van der Waals surface area contributed by atoms with Crippen molar-refractivity contribution in [3.63, 3.8) is 0 Å². The van der Waals surface area contributed by atoms with Crippen molar-refractivity contribution < 1.29 is 14.2 Å². The van der Waals surface area contributed by atoms with Gasteiger partial charge in [0.1, 0.15) is 6.61 Å². The first-order chi connectivity index (χ1) is 10.2. The molecule has 0 bridgehead atoms. The van der Waals surface area contributed by atoms with Gasteiger partial charge in [-0.1, -0.05) is 13.8 Å². The van der Waals surface area contributed by atoms with Crippen molar-refractivity contribution in [3.8, 4) is 5.88 Å². The molecule has 1 rings (SSSR count). The SMILES string of the molecule is COCCCOCCOc1cncc(CNCC(C)C)n1. The van der Waals surface area contributed by atoms with Gasteiger partial charge in [0.2, 0.25) is 5.88 Å². The molecular formula is C15H27N3O3. The van der Waals surface area contributed by atoms with Crippen LogP contribution in [-0.2, 0) is 16.0 Å². The van der Waals surface area contributed by atoms with Crippen LogP contribution in [0.1, 0.15) is 26.0 Å². The van der Waals surface area contributed by atoms with Crippen LogP contribution < -0.4 is 10.1 Å². The summed E-state index contributed by atoms with van der Waals surface area (Å²) in [7, 11) is 1.69. The average molecular weight is 297 g/mol. The van der Waals surface area contributed by atoms with E-state index >= 15 is 0 Å². The van der Waals surface area contributed by atoms with Crippen molar-refractivity contribution in [1.29, 1.82) is 0 Å². The van der Waals surface area contributed by atoms with Gasteiger partial charge in [-0.05, 0) is 18.9 Å².